The van der Waals surface area contributed by atoms with Crippen molar-refractivity contribution in [3.05, 3.63) is 48.7 Å². The van der Waals surface area contributed by atoms with Crippen LogP contribution in [0.3, 0.4) is 0 Å². The van der Waals surface area contributed by atoms with Crippen molar-refractivity contribution in [3.8, 4) is 17.4 Å². The highest BCUT2D eigenvalue weighted by atomic mass is 16.5. The second-order valence-corrected chi connectivity index (χ2v) is 4.79. The third kappa shape index (κ3) is 2.96. The molecule has 1 aromatic heterocycles. The van der Waals surface area contributed by atoms with Crippen molar-refractivity contribution in [1.82, 2.24) is 4.98 Å². The minimum atomic E-state index is -0.130. The maximum atomic E-state index is 11.7. The second kappa shape index (κ2) is 5.74. The van der Waals surface area contributed by atoms with Crippen LogP contribution in [-0.2, 0) is 4.79 Å². The molecule has 1 heterocycles. The number of ether oxygens (including phenoxy) is 2. The summed E-state index contributed by atoms with van der Waals surface area (Å²) in [6, 6.07) is 12.5. The van der Waals surface area contributed by atoms with E-state index in [2.05, 4.69) is 4.98 Å². The molecule has 0 spiro atoms. The number of nitrogens with zero attached hydrogens (tertiary/aromatic N) is 1. The van der Waals surface area contributed by atoms with Crippen LogP contribution < -0.4 is 9.47 Å². The maximum Gasteiger partial charge on any atom is 0.314 e. The van der Waals surface area contributed by atoms with Crippen LogP contribution in [-0.4, -0.2) is 11.0 Å². The van der Waals surface area contributed by atoms with Gasteiger partial charge in [0.2, 0.25) is 5.88 Å². The van der Waals surface area contributed by atoms with Crippen LogP contribution in [0.5, 0.6) is 17.4 Å². The predicted octanol–water partition coefficient (Wildman–Crippen LogP) is 3.58. The Kier molecular flexibility index (Phi) is 3.63. The zero-order valence-electron chi connectivity index (χ0n) is 11.0. The highest BCUT2D eigenvalue weighted by Crippen LogP contribution is 2.29. The molecule has 0 unspecified atom stereocenters. The highest BCUT2D eigenvalue weighted by Gasteiger charge is 2.26. The van der Waals surface area contributed by atoms with E-state index in [1.54, 1.807) is 36.5 Å². The molecule has 0 aliphatic heterocycles. The van der Waals surface area contributed by atoms with Crippen LogP contribution in [0, 0.1) is 5.92 Å². The molecule has 1 aliphatic carbocycles. The lowest BCUT2D eigenvalue weighted by molar-refractivity contribution is -0.141. The van der Waals surface area contributed by atoms with Crippen LogP contribution >= 0.6 is 0 Å². The Morgan fingerprint density at radius 1 is 1.05 bits per heavy atom. The summed E-state index contributed by atoms with van der Waals surface area (Å²) in [5.41, 5.74) is 0. The Hall–Kier alpha value is -2.36. The number of hydrogen-bond acceptors (Lipinski definition) is 4. The monoisotopic (exact) mass is 269 g/mol. The fourth-order valence-corrected chi connectivity index (χ4v) is 1.95. The zero-order valence-corrected chi connectivity index (χ0v) is 11.0. The summed E-state index contributed by atoms with van der Waals surface area (Å²) in [5.74, 6) is 1.70. The van der Waals surface area contributed by atoms with Crippen LogP contribution in [0.25, 0.3) is 0 Å². The van der Waals surface area contributed by atoms with Gasteiger partial charge in [-0.2, -0.15) is 0 Å². The van der Waals surface area contributed by atoms with Crippen LogP contribution in [0.4, 0.5) is 0 Å². The van der Waals surface area contributed by atoms with Gasteiger partial charge < -0.3 is 9.47 Å². The van der Waals surface area contributed by atoms with Gasteiger partial charge in [-0.15, -0.1) is 0 Å². The van der Waals surface area contributed by atoms with Gasteiger partial charge in [0.05, 0.1) is 5.92 Å². The summed E-state index contributed by atoms with van der Waals surface area (Å²) in [6.07, 6.45) is 4.68. The Bertz CT molecular complexity index is 576. The highest BCUT2D eigenvalue weighted by molar-refractivity contribution is 5.75. The lowest BCUT2D eigenvalue weighted by Gasteiger charge is -2.22. The molecule has 1 fully saturated rings. The van der Waals surface area contributed by atoms with E-state index in [0.717, 1.165) is 19.3 Å². The minimum absolute atomic E-state index is 0.0828. The number of rotatable bonds is 4. The van der Waals surface area contributed by atoms with Gasteiger partial charge in [-0.1, -0.05) is 12.5 Å². The number of pyridine rings is 1. The Labute approximate surface area is 117 Å². The minimum Gasteiger partial charge on any atom is -0.439 e. The van der Waals surface area contributed by atoms with E-state index in [1.165, 1.54) is 0 Å². The van der Waals surface area contributed by atoms with E-state index in [4.69, 9.17) is 9.47 Å². The number of benzene rings is 1. The molecule has 2 aromatic rings. The van der Waals surface area contributed by atoms with Crippen molar-refractivity contribution in [2.75, 3.05) is 0 Å². The summed E-state index contributed by atoms with van der Waals surface area (Å²) in [5, 5.41) is 0. The quantitative estimate of drug-likeness (QED) is 0.628. The molecule has 4 heteroatoms. The number of carbonyl (C=O) groups excluding carboxylic acids is 1. The fourth-order valence-electron chi connectivity index (χ4n) is 1.95. The van der Waals surface area contributed by atoms with Gasteiger partial charge in [-0.25, -0.2) is 4.98 Å². The third-order valence-electron chi connectivity index (χ3n) is 3.34. The Balaban J connectivity index is 1.61. The molecular formula is C16H15NO3. The lowest BCUT2D eigenvalue weighted by Crippen LogP contribution is -2.26. The maximum absolute atomic E-state index is 11.7. The number of carbonyl (C=O) groups is 1. The molecule has 1 saturated carbocycles. The first-order valence-corrected chi connectivity index (χ1v) is 6.72. The summed E-state index contributed by atoms with van der Waals surface area (Å²) < 4.78 is 10.9. The molecular weight excluding hydrogens is 254 g/mol. The van der Waals surface area contributed by atoms with Gasteiger partial charge >= 0.3 is 5.97 Å². The van der Waals surface area contributed by atoms with Crippen LogP contribution in [0.1, 0.15) is 19.3 Å². The average molecular weight is 269 g/mol. The molecule has 0 saturated heterocycles. The van der Waals surface area contributed by atoms with Crippen molar-refractivity contribution >= 4 is 5.97 Å². The molecule has 0 atom stereocenters. The second-order valence-electron chi connectivity index (χ2n) is 4.79. The summed E-state index contributed by atoms with van der Waals surface area (Å²) in [7, 11) is 0. The van der Waals surface area contributed by atoms with Gasteiger partial charge in [0, 0.05) is 12.3 Å². The summed E-state index contributed by atoms with van der Waals surface area (Å²) >= 11 is 0. The largest absolute Gasteiger partial charge is 0.439 e. The molecule has 0 radical (unpaired) electrons. The molecule has 1 aromatic carbocycles. The van der Waals surface area contributed by atoms with Crippen molar-refractivity contribution in [3.63, 3.8) is 0 Å². The van der Waals surface area contributed by atoms with Gasteiger partial charge in [0.15, 0.2) is 0 Å². The predicted molar refractivity (Wildman–Crippen MR) is 73.7 cm³/mol. The van der Waals surface area contributed by atoms with E-state index >= 15 is 0 Å². The smallest absolute Gasteiger partial charge is 0.314 e. The fraction of sp³-hybridized carbons (Fsp3) is 0.250. The number of aromatic nitrogens is 1. The third-order valence-corrected chi connectivity index (χ3v) is 3.34. The molecule has 0 amide bonds. The number of hydrogen-bond donors (Lipinski definition) is 0. The van der Waals surface area contributed by atoms with Crippen LogP contribution in [0.2, 0.25) is 0 Å². The van der Waals surface area contributed by atoms with E-state index in [-0.39, 0.29) is 11.9 Å². The molecule has 4 nitrogen and oxygen atoms in total. The molecule has 1 aliphatic rings. The van der Waals surface area contributed by atoms with Gasteiger partial charge in [0.1, 0.15) is 11.5 Å². The van der Waals surface area contributed by atoms with Crippen molar-refractivity contribution in [1.29, 1.82) is 0 Å². The molecule has 20 heavy (non-hydrogen) atoms. The SMILES string of the molecule is O=C(Oc1ccc(Oc2ccccn2)cc1)C1CCC1. The van der Waals surface area contributed by atoms with Crippen LogP contribution in [0.15, 0.2) is 48.7 Å². The zero-order chi connectivity index (χ0) is 13.8. The normalized spacial score (nSPS) is 14.4. The Morgan fingerprint density at radius 2 is 1.80 bits per heavy atom. The Morgan fingerprint density at radius 3 is 2.40 bits per heavy atom. The average Bonchev–Trinajstić information content (AvgIpc) is 2.40. The molecule has 0 bridgehead atoms. The summed E-state index contributed by atoms with van der Waals surface area (Å²) in [4.78, 5) is 15.8. The van der Waals surface area contributed by atoms with E-state index in [0.29, 0.717) is 17.4 Å². The molecule has 0 N–H and O–H groups in total. The van der Waals surface area contributed by atoms with Gasteiger partial charge in [-0.05, 0) is 43.2 Å². The standard InChI is InChI=1S/C16H15NO3/c18-16(12-4-3-5-12)20-14-9-7-13(8-10-14)19-15-6-1-2-11-17-15/h1-2,6-12H,3-5H2. The summed E-state index contributed by atoms with van der Waals surface area (Å²) in [6.45, 7) is 0. The van der Waals surface area contributed by atoms with Gasteiger partial charge in [0.25, 0.3) is 0 Å². The first kappa shape index (κ1) is 12.7. The lowest BCUT2D eigenvalue weighted by atomic mass is 9.86. The van der Waals surface area contributed by atoms with E-state index in [1.807, 2.05) is 12.1 Å². The molecule has 102 valence electrons. The number of esters is 1. The molecule has 3 rings (SSSR count). The first-order chi connectivity index (χ1) is 9.81. The van der Waals surface area contributed by atoms with Gasteiger partial charge in [-0.3, -0.25) is 4.79 Å². The van der Waals surface area contributed by atoms with E-state index < -0.39 is 0 Å². The van der Waals surface area contributed by atoms with E-state index in [9.17, 15) is 4.79 Å². The first-order valence-electron chi connectivity index (χ1n) is 6.72. The van der Waals surface area contributed by atoms with Crippen molar-refractivity contribution in [2.45, 2.75) is 19.3 Å². The van der Waals surface area contributed by atoms with Crippen molar-refractivity contribution < 1.29 is 14.3 Å². The topological polar surface area (TPSA) is 48.4 Å². The van der Waals surface area contributed by atoms with Crippen molar-refractivity contribution in [2.24, 2.45) is 5.92 Å².